The van der Waals surface area contributed by atoms with Gasteiger partial charge in [-0.15, -0.1) is 0 Å². The fourth-order valence-corrected chi connectivity index (χ4v) is 1.88. The summed E-state index contributed by atoms with van der Waals surface area (Å²) in [7, 11) is 0. The Balaban J connectivity index is 2.41. The maximum atomic E-state index is 4.32. The minimum absolute atomic E-state index is 0.393. The van der Waals surface area contributed by atoms with Crippen LogP contribution in [0.25, 0.3) is 0 Å². The van der Waals surface area contributed by atoms with Crippen LogP contribution in [0.3, 0.4) is 0 Å². The van der Waals surface area contributed by atoms with Gasteiger partial charge in [-0.2, -0.15) is 0 Å². The zero-order chi connectivity index (χ0) is 11.6. The van der Waals surface area contributed by atoms with Crippen molar-refractivity contribution in [2.24, 2.45) is 0 Å². The lowest BCUT2D eigenvalue weighted by atomic mass is 10.0. The van der Waals surface area contributed by atoms with Gasteiger partial charge in [0.05, 0.1) is 5.69 Å². The van der Waals surface area contributed by atoms with Crippen LogP contribution in [0.15, 0.2) is 18.6 Å². The molecular formula is C13H23N3. The lowest BCUT2D eigenvalue weighted by Gasteiger charge is -2.16. The minimum atomic E-state index is 0.393. The lowest BCUT2D eigenvalue weighted by molar-refractivity contribution is 0.472. The molecule has 0 radical (unpaired) electrons. The zero-order valence-corrected chi connectivity index (χ0v) is 10.4. The second-order valence-corrected chi connectivity index (χ2v) is 4.09. The predicted molar refractivity (Wildman–Crippen MR) is 67.2 cm³/mol. The molecule has 1 rings (SSSR count). The Kier molecular flexibility index (Phi) is 6.74. The molecule has 1 aromatic rings. The zero-order valence-electron chi connectivity index (χ0n) is 10.4. The van der Waals surface area contributed by atoms with E-state index in [2.05, 4.69) is 29.1 Å². The van der Waals surface area contributed by atoms with Gasteiger partial charge in [0, 0.05) is 12.2 Å². The van der Waals surface area contributed by atoms with E-state index in [0.29, 0.717) is 6.04 Å². The van der Waals surface area contributed by atoms with Gasteiger partial charge in [0.1, 0.15) is 6.33 Å². The van der Waals surface area contributed by atoms with Crippen molar-refractivity contribution in [3.8, 4) is 0 Å². The third kappa shape index (κ3) is 4.71. The van der Waals surface area contributed by atoms with Crippen molar-refractivity contribution >= 4 is 0 Å². The van der Waals surface area contributed by atoms with E-state index < -0.39 is 0 Å². The molecule has 3 nitrogen and oxygen atoms in total. The molecule has 0 fully saturated rings. The molecule has 0 bridgehead atoms. The number of nitrogens with zero attached hydrogens (tertiary/aromatic N) is 2. The highest BCUT2D eigenvalue weighted by atomic mass is 14.9. The quantitative estimate of drug-likeness (QED) is 0.685. The van der Waals surface area contributed by atoms with Crippen molar-refractivity contribution in [3.63, 3.8) is 0 Å². The molecule has 0 aliphatic carbocycles. The molecule has 0 amide bonds. The second-order valence-electron chi connectivity index (χ2n) is 4.09. The smallest absolute Gasteiger partial charge is 0.115 e. The molecule has 0 spiro atoms. The Bertz CT molecular complexity index is 261. The van der Waals surface area contributed by atoms with Crippen molar-refractivity contribution in [3.05, 3.63) is 24.3 Å². The second kappa shape index (κ2) is 8.22. The van der Waals surface area contributed by atoms with Crippen molar-refractivity contribution in [1.29, 1.82) is 0 Å². The molecule has 0 aromatic carbocycles. The Morgan fingerprint density at radius 3 is 2.75 bits per heavy atom. The fraction of sp³-hybridized carbons (Fsp3) is 0.692. The highest BCUT2D eigenvalue weighted by Gasteiger charge is 2.10. The van der Waals surface area contributed by atoms with Crippen LogP contribution in [-0.2, 0) is 0 Å². The summed E-state index contributed by atoms with van der Waals surface area (Å²) in [5.41, 5.74) is 1.12. The van der Waals surface area contributed by atoms with Gasteiger partial charge in [-0.3, -0.25) is 0 Å². The van der Waals surface area contributed by atoms with Gasteiger partial charge in [-0.05, 0) is 19.0 Å². The Morgan fingerprint density at radius 2 is 2.12 bits per heavy atom. The number of unbranched alkanes of at least 4 members (excludes halogenated alkanes) is 3. The summed E-state index contributed by atoms with van der Waals surface area (Å²) in [6, 6.07) is 2.40. The number of hydrogen-bond donors (Lipinski definition) is 1. The maximum Gasteiger partial charge on any atom is 0.115 e. The van der Waals surface area contributed by atoms with E-state index in [4.69, 9.17) is 0 Å². The Labute approximate surface area is 98.7 Å². The standard InChI is InChI=1S/C13H23N3/c1-3-5-6-7-8-12(15-4-2)13-9-10-14-11-16-13/h9-12,15H,3-8H2,1-2H3. The van der Waals surface area contributed by atoms with Crippen LogP contribution in [0, 0.1) is 0 Å². The van der Waals surface area contributed by atoms with Gasteiger partial charge >= 0.3 is 0 Å². The average Bonchev–Trinajstić information content (AvgIpc) is 2.34. The van der Waals surface area contributed by atoms with Crippen molar-refractivity contribution in [1.82, 2.24) is 15.3 Å². The predicted octanol–water partition coefficient (Wildman–Crippen LogP) is 3.10. The van der Waals surface area contributed by atoms with E-state index in [0.717, 1.165) is 12.2 Å². The van der Waals surface area contributed by atoms with Gasteiger partial charge in [0.2, 0.25) is 0 Å². The highest BCUT2D eigenvalue weighted by molar-refractivity contribution is 5.04. The van der Waals surface area contributed by atoms with Crippen LogP contribution in [-0.4, -0.2) is 16.5 Å². The molecule has 1 unspecified atom stereocenters. The van der Waals surface area contributed by atoms with Crippen LogP contribution < -0.4 is 5.32 Å². The third-order valence-corrected chi connectivity index (χ3v) is 2.76. The SMILES string of the molecule is CCCCCCC(NCC)c1ccncn1. The van der Waals surface area contributed by atoms with E-state index in [1.54, 1.807) is 6.33 Å². The third-order valence-electron chi connectivity index (χ3n) is 2.76. The van der Waals surface area contributed by atoms with Crippen molar-refractivity contribution < 1.29 is 0 Å². The summed E-state index contributed by atoms with van der Waals surface area (Å²) in [6.07, 6.45) is 9.84. The van der Waals surface area contributed by atoms with E-state index in [1.807, 2.05) is 12.3 Å². The summed E-state index contributed by atoms with van der Waals surface area (Å²) in [4.78, 5) is 8.28. The number of nitrogens with one attached hydrogen (secondary N) is 1. The molecule has 0 aliphatic rings. The number of aromatic nitrogens is 2. The summed E-state index contributed by atoms with van der Waals surface area (Å²) in [5, 5.41) is 3.49. The molecule has 1 heterocycles. The molecule has 16 heavy (non-hydrogen) atoms. The topological polar surface area (TPSA) is 37.8 Å². The first-order valence-corrected chi connectivity index (χ1v) is 6.37. The van der Waals surface area contributed by atoms with Crippen LogP contribution >= 0.6 is 0 Å². The van der Waals surface area contributed by atoms with E-state index in [1.165, 1.54) is 32.1 Å². The van der Waals surface area contributed by atoms with E-state index in [9.17, 15) is 0 Å². The van der Waals surface area contributed by atoms with Crippen molar-refractivity contribution in [2.45, 2.75) is 52.0 Å². The normalized spacial score (nSPS) is 12.6. The summed E-state index contributed by atoms with van der Waals surface area (Å²) < 4.78 is 0. The van der Waals surface area contributed by atoms with Crippen LogP contribution in [0.5, 0.6) is 0 Å². The molecular weight excluding hydrogens is 198 g/mol. The monoisotopic (exact) mass is 221 g/mol. The largest absolute Gasteiger partial charge is 0.309 e. The number of hydrogen-bond acceptors (Lipinski definition) is 3. The van der Waals surface area contributed by atoms with Crippen LogP contribution in [0.1, 0.15) is 57.7 Å². The molecule has 0 aliphatic heterocycles. The van der Waals surface area contributed by atoms with Crippen LogP contribution in [0.4, 0.5) is 0 Å². The van der Waals surface area contributed by atoms with Crippen LogP contribution in [0.2, 0.25) is 0 Å². The highest BCUT2D eigenvalue weighted by Crippen LogP contribution is 2.17. The Hall–Kier alpha value is -0.960. The molecule has 0 saturated carbocycles. The van der Waals surface area contributed by atoms with Crippen molar-refractivity contribution in [2.75, 3.05) is 6.54 Å². The molecule has 0 saturated heterocycles. The Morgan fingerprint density at radius 1 is 1.25 bits per heavy atom. The molecule has 90 valence electrons. The molecule has 1 atom stereocenters. The van der Waals surface area contributed by atoms with E-state index >= 15 is 0 Å². The summed E-state index contributed by atoms with van der Waals surface area (Å²) in [6.45, 7) is 5.37. The molecule has 1 aromatic heterocycles. The first-order valence-electron chi connectivity index (χ1n) is 6.37. The molecule has 1 N–H and O–H groups in total. The van der Waals surface area contributed by atoms with Gasteiger partial charge in [-0.1, -0.05) is 39.5 Å². The fourth-order valence-electron chi connectivity index (χ4n) is 1.88. The summed E-state index contributed by atoms with van der Waals surface area (Å²) in [5.74, 6) is 0. The minimum Gasteiger partial charge on any atom is -0.309 e. The maximum absolute atomic E-state index is 4.32. The van der Waals surface area contributed by atoms with E-state index in [-0.39, 0.29) is 0 Å². The van der Waals surface area contributed by atoms with Gasteiger partial charge in [0.15, 0.2) is 0 Å². The lowest BCUT2D eigenvalue weighted by Crippen LogP contribution is -2.21. The van der Waals surface area contributed by atoms with Gasteiger partial charge in [-0.25, -0.2) is 9.97 Å². The first-order chi connectivity index (χ1) is 7.88. The first kappa shape index (κ1) is 13.1. The van der Waals surface area contributed by atoms with Gasteiger partial charge in [0.25, 0.3) is 0 Å². The number of rotatable bonds is 8. The summed E-state index contributed by atoms with van der Waals surface area (Å²) >= 11 is 0. The molecule has 3 heteroatoms. The average molecular weight is 221 g/mol. The van der Waals surface area contributed by atoms with Gasteiger partial charge < -0.3 is 5.32 Å².